The summed E-state index contributed by atoms with van der Waals surface area (Å²) in [5.74, 6) is 0. The fourth-order valence-electron chi connectivity index (χ4n) is 1.97. The molecule has 0 aromatic heterocycles. The first-order valence-electron chi connectivity index (χ1n) is 6.46. The van der Waals surface area contributed by atoms with Gasteiger partial charge in [0.15, 0.2) is 0 Å². The SMILES string of the molecule is CCC(C)(CNC)CN(CCOC)CCOC. The van der Waals surface area contributed by atoms with Crippen LogP contribution in [-0.4, -0.2) is 65.6 Å². The molecule has 0 aromatic rings. The molecular weight excluding hydrogens is 216 g/mol. The first-order valence-corrected chi connectivity index (χ1v) is 6.46. The number of ether oxygens (including phenoxy) is 2. The minimum atomic E-state index is 0.316. The zero-order valence-electron chi connectivity index (χ0n) is 12.2. The first kappa shape index (κ1) is 16.8. The van der Waals surface area contributed by atoms with Crippen LogP contribution in [0.15, 0.2) is 0 Å². The Balaban J connectivity index is 4.25. The molecule has 0 rings (SSSR count). The number of methoxy groups -OCH3 is 2. The highest BCUT2D eigenvalue weighted by Crippen LogP contribution is 2.21. The fourth-order valence-corrected chi connectivity index (χ4v) is 1.97. The maximum atomic E-state index is 5.16. The number of hydrogen-bond donors (Lipinski definition) is 1. The fraction of sp³-hybridized carbons (Fsp3) is 1.00. The van der Waals surface area contributed by atoms with Gasteiger partial charge in [0, 0.05) is 40.4 Å². The van der Waals surface area contributed by atoms with E-state index in [-0.39, 0.29) is 0 Å². The lowest BCUT2D eigenvalue weighted by atomic mass is 9.87. The second-order valence-corrected chi connectivity index (χ2v) is 4.96. The molecule has 0 aliphatic carbocycles. The normalized spacial score (nSPS) is 15.2. The van der Waals surface area contributed by atoms with Crippen molar-refractivity contribution in [1.29, 1.82) is 0 Å². The van der Waals surface area contributed by atoms with Crippen molar-refractivity contribution >= 4 is 0 Å². The highest BCUT2D eigenvalue weighted by atomic mass is 16.5. The summed E-state index contributed by atoms with van der Waals surface area (Å²) in [7, 11) is 5.52. The molecule has 0 bridgehead atoms. The van der Waals surface area contributed by atoms with Crippen LogP contribution in [0.5, 0.6) is 0 Å². The van der Waals surface area contributed by atoms with Crippen LogP contribution in [0.1, 0.15) is 20.3 Å². The standard InChI is InChI=1S/C13H30N2O2/c1-6-13(2,11-14-3)12-15(7-9-16-4)8-10-17-5/h14H,6-12H2,1-5H3. The van der Waals surface area contributed by atoms with E-state index in [1.165, 1.54) is 6.42 Å². The number of nitrogens with one attached hydrogen (secondary N) is 1. The van der Waals surface area contributed by atoms with Crippen LogP contribution in [0, 0.1) is 5.41 Å². The number of nitrogens with zero attached hydrogens (tertiary/aromatic N) is 1. The van der Waals surface area contributed by atoms with Crippen LogP contribution < -0.4 is 5.32 Å². The van der Waals surface area contributed by atoms with E-state index < -0.39 is 0 Å². The Bertz CT molecular complexity index is 171. The minimum Gasteiger partial charge on any atom is -0.383 e. The molecule has 104 valence electrons. The third kappa shape index (κ3) is 7.71. The summed E-state index contributed by atoms with van der Waals surface area (Å²) in [6.45, 7) is 10.2. The Kier molecular flexibility index (Phi) is 9.74. The Morgan fingerprint density at radius 2 is 1.65 bits per heavy atom. The van der Waals surface area contributed by atoms with Gasteiger partial charge in [-0.1, -0.05) is 13.8 Å². The van der Waals surface area contributed by atoms with E-state index in [2.05, 4.69) is 24.1 Å². The Hall–Kier alpha value is -0.160. The van der Waals surface area contributed by atoms with Gasteiger partial charge in [0.1, 0.15) is 0 Å². The van der Waals surface area contributed by atoms with Crippen LogP contribution in [0.25, 0.3) is 0 Å². The van der Waals surface area contributed by atoms with Crippen molar-refractivity contribution in [2.45, 2.75) is 20.3 Å². The molecular formula is C13H30N2O2. The van der Waals surface area contributed by atoms with Gasteiger partial charge < -0.3 is 14.8 Å². The van der Waals surface area contributed by atoms with Crippen LogP contribution in [0.3, 0.4) is 0 Å². The van der Waals surface area contributed by atoms with E-state index in [0.29, 0.717) is 5.41 Å². The number of hydrogen-bond acceptors (Lipinski definition) is 4. The van der Waals surface area contributed by atoms with Crippen molar-refractivity contribution in [3.8, 4) is 0 Å². The molecule has 1 unspecified atom stereocenters. The van der Waals surface area contributed by atoms with Gasteiger partial charge in [-0.3, -0.25) is 4.90 Å². The minimum absolute atomic E-state index is 0.316. The van der Waals surface area contributed by atoms with Crippen molar-refractivity contribution in [3.05, 3.63) is 0 Å². The smallest absolute Gasteiger partial charge is 0.0589 e. The van der Waals surface area contributed by atoms with E-state index in [4.69, 9.17) is 9.47 Å². The average Bonchev–Trinajstić information content (AvgIpc) is 2.33. The molecule has 17 heavy (non-hydrogen) atoms. The highest BCUT2D eigenvalue weighted by Gasteiger charge is 2.24. The molecule has 0 saturated heterocycles. The van der Waals surface area contributed by atoms with E-state index in [1.807, 2.05) is 7.05 Å². The molecule has 0 aliphatic rings. The molecule has 0 fully saturated rings. The van der Waals surface area contributed by atoms with E-state index in [1.54, 1.807) is 14.2 Å². The summed E-state index contributed by atoms with van der Waals surface area (Å²) in [6.07, 6.45) is 1.17. The summed E-state index contributed by atoms with van der Waals surface area (Å²) < 4.78 is 10.3. The van der Waals surface area contributed by atoms with Gasteiger partial charge >= 0.3 is 0 Å². The van der Waals surface area contributed by atoms with Crippen LogP contribution >= 0.6 is 0 Å². The lowest BCUT2D eigenvalue weighted by molar-refractivity contribution is 0.0826. The van der Waals surface area contributed by atoms with Gasteiger partial charge in [0.25, 0.3) is 0 Å². The lowest BCUT2D eigenvalue weighted by Gasteiger charge is -2.34. The predicted octanol–water partition coefficient (Wildman–Crippen LogP) is 1.22. The lowest BCUT2D eigenvalue weighted by Crippen LogP contribution is -2.43. The summed E-state index contributed by atoms with van der Waals surface area (Å²) in [6, 6.07) is 0. The molecule has 1 N–H and O–H groups in total. The molecule has 1 atom stereocenters. The summed E-state index contributed by atoms with van der Waals surface area (Å²) in [5, 5.41) is 3.29. The molecule has 0 aliphatic heterocycles. The third-order valence-corrected chi connectivity index (χ3v) is 3.29. The van der Waals surface area contributed by atoms with Crippen LogP contribution in [0.4, 0.5) is 0 Å². The highest BCUT2D eigenvalue weighted by molar-refractivity contribution is 4.79. The second-order valence-electron chi connectivity index (χ2n) is 4.96. The summed E-state index contributed by atoms with van der Waals surface area (Å²) >= 11 is 0. The zero-order chi connectivity index (χ0) is 13.1. The monoisotopic (exact) mass is 246 g/mol. The van der Waals surface area contributed by atoms with Gasteiger partial charge in [0.05, 0.1) is 13.2 Å². The van der Waals surface area contributed by atoms with Gasteiger partial charge in [-0.05, 0) is 18.9 Å². The average molecular weight is 246 g/mol. The number of rotatable bonds is 11. The van der Waals surface area contributed by atoms with Crippen molar-refractivity contribution in [2.24, 2.45) is 5.41 Å². The van der Waals surface area contributed by atoms with Crippen LogP contribution in [0.2, 0.25) is 0 Å². The molecule has 0 saturated carbocycles. The van der Waals surface area contributed by atoms with Crippen molar-refractivity contribution in [2.75, 3.05) is 60.7 Å². The molecule has 0 heterocycles. The maximum Gasteiger partial charge on any atom is 0.0589 e. The van der Waals surface area contributed by atoms with Gasteiger partial charge in [-0.15, -0.1) is 0 Å². The Labute approximate surface area is 107 Å². The molecule has 0 radical (unpaired) electrons. The largest absolute Gasteiger partial charge is 0.383 e. The summed E-state index contributed by atoms with van der Waals surface area (Å²) in [4.78, 5) is 2.42. The van der Waals surface area contributed by atoms with Crippen molar-refractivity contribution < 1.29 is 9.47 Å². The second kappa shape index (κ2) is 9.83. The molecule has 0 amide bonds. The first-order chi connectivity index (χ1) is 8.11. The van der Waals surface area contributed by atoms with Crippen molar-refractivity contribution in [1.82, 2.24) is 10.2 Å². The molecule has 0 aromatic carbocycles. The molecule has 4 heteroatoms. The molecule has 0 spiro atoms. The Morgan fingerprint density at radius 3 is 2.00 bits per heavy atom. The van der Waals surface area contributed by atoms with Gasteiger partial charge in [0.2, 0.25) is 0 Å². The maximum absolute atomic E-state index is 5.16. The summed E-state index contributed by atoms with van der Waals surface area (Å²) in [5.41, 5.74) is 0.316. The quantitative estimate of drug-likeness (QED) is 0.594. The van der Waals surface area contributed by atoms with E-state index in [0.717, 1.165) is 39.4 Å². The van der Waals surface area contributed by atoms with Crippen LogP contribution in [-0.2, 0) is 9.47 Å². The molecule has 4 nitrogen and oxygen atoms in total. The van der Waals surface area contributed by atoms with Gasteiger partial charge in [-0.2, -0.15) is 0 Å². The van der Waals surface area contributed by atoms with Crippen molar-refractivity contribution in [3.63, 3.8) is 0 Å². The zero-order valence-corrected chi connectivity index (χ0v) is 12.2. The third-order valence-electron chi connectivity index (χ3n) is 3.29. The van der Waals surface area contributed by atoms with Gasteiger partial charge in [-0.25, -0.2) is 0 Å². The van der Waals surface area contributed by atoms with E-state index >= 15 is 0 Å². The topological polar surface area (TPSA) is 33.7 Å². The predicted molar refractivity (Wildman–Crippen MR) is 72.5 cm³/mol. The Morgan fingerprint density at radius 1 is 1.12 bits per heavy atom. The van der Waals surface area contributed by atoms with E-state index in [9.17, 15) is 0 Å².